The van der Waals surface area contributed by atoms with Crippen LogP contribution < -0.4 is 0 Å². The standard InChI is InChI=1S/C5H10S2/c1-4-3-5(2)7-6-4/h4-5H,3H2,1-2H3/t4-,5-/m1/s1. The molecule has 1 heterocycles. The van der Waals surface area contributed by atoms with Crippen molar-refractivity contribution in [3.05, 3.63) is 0 Å². The van der Waals surface area contributed by atoms with Gasteiger partial charge in [0.25, 0.3) is 0 Å². The van der Waals surface area contributed by atoms with Crippen molar-refractivity contribution in [2.24, 2.45) is 0 Å². The third kappa shape index (κ3) is 1.57. The minimum atomic E-state index is 0.903. The highest BCUT2D eigenvalue weighted by molar-refractivity contribution is 8.77. The van der Waals surface area contributed by atoms with E-state index in [-0.39, 0.29) is 0 Å². The largest absolute Gasteiger partial charge is 0.0907 e. The topological polar surface area (TPSA) is 0 Å². The van der Waals surface area contributed by atoms with Crippen molar-refractivity contribution in [3.8, 4) is 0 Å². The van der Waals surface area contributed by atoms with Crippen LogP contribution in [-0.4, -0.2) is 10.5 Å². The third-order valence-electron chi connectivity index (χ3n) is 1.05. The van der Waals surface area contributed by atoms with Crippen LogP contribution in [0.4, 0.5) is 0 Å². The molecule has 0 spiro atoms. The van der Waals surface area contributed by atoms with Crippen molar-refractivity contribution in [3.63, 3.8) is 0 Å². The van der Waals surface area contributed by atoms with E-state index >= 15 is 0 Å². The molecule has 0 aromatic heterocycles. The zero-order chi connectivity index (χ0) is 5.28. The summed E-state index contributed by atoms with van der Waals surface area (Å²) in [6.45, 7) is 4.59. The van der Waals surface area contributed by atoms with Gasteiger partial charge in [0, 0.05) is 10.5 Å². The summed E-state index contributed by atoms with van der Waals surface area (Å²) in [7, 11) is 4.04. The molecule has 0 aliphatic carbocycles. The van der Waals surface area contributed by atoms with Crippen molar-refractivity contribution in [1.82, 2.24) is 0 Å². The smallest absolute Gasteiger partial charge is 0.0134 e. The lowest BCUT2D eigenvalue weighted by molar-refractivity contribution is 0.821. The van der Waals surface area contributed by atoms with E-state index in [1.807, 2.05) is 21.6 Å². The molecule has 0 saturated carbocycles. The van der Waals surface area contributed by atoms with Crippen LogP contribution in [0, 0.1) is 0 Å². The fourth-order valence-corrected chi connectivity index (χ4v) is 3.58. The van der Waals surface area contributed by atoms with Gasteiger partial charge in [-0.2, -0.15) is 0 Å². The Morgan fingerprint density at radius 3 is 1.71 bits per heavy atom. The van der Waals surface area contributed by atoms with Crippen molar-refractivity contribution in [2.75, 3.05) is 0 Å². The molecule has 2 heteroatoms. The van der Waals surface area contributed by atoms with Gasteiger partial charge in [-0.15, -0.1) is 0 Å². The predicted molar refractivity (Wildman–Crippen MR) is 38.7 cm³/mol. The Kier molecular flexibility index (Phi) is 1.93. The summed E-state index contributed by atoms with van der Waals surface area (Å²) in [6.07, 6.45) is 1.40. The predicted octanol–water partition coefficient (Wildman–Crippen LogP) is 2.55. The number of hydrogen-bond donors (Lipinski definition) is 0. The first-order valence-corrected chi connectivity index (χ1v) is 4.89. The maximum atomic E-state index is 2.29. The first-order valence-electron chi connectivity index (χ1n) is 2.61. The molecule has 0 unspecified atom stereocenters. The van der Waals surface area contributed by atoms with Gasteiger partial charge in [0.05, 0.1) is 0 Å². The normalized spacial score (nSPS) is 42.0. The van der Waals surface area contributed by atoms with E-state index < -0.39 is 0 Å². The van der Waals surface area contributed by atoms with Gasteiger partial charge in [0.2, 0.25) is 0 Å². The Labute approximate surface area is 52.8 Å². The molecular weight excluding hydrogens is 124 g/mol. The second-order valence-electron chi connectivity index (χ2n) is 2.05. The average Bonchev–Trinajstić information content (AvgIpc) is 1.87. The van der Waals surface area contributed by atoms with Crippen LogP contribution in [0.5, 0.6) is 0 Å². The minimum Gasteiger partial charge on any atom is -0.0907 e. The molecule has 1 saturated heterocycles. The quantitative estimate of drug-likeness (QED) is 0.467. The van der Waals surface area contributed by atoms with Gasteiger partial charge in [-0.05, 0) is 6.42 Å². The Bertz CT molecular complexity index is 55.1. The molecule has 7 heavy (non-hydrogen) atoms. The first kappa shape index (κ1) is 5.83. The number of rotatable bonds is 0. The van der Waals surface area contributed by atoms with E-state index in [1.165, 1.54) is 6.42 Å². The summed E-state index contributed by atoms with van der Waals surface area (Å²) in [4.78, 5) is 0. The minimum absolute atomic E-state index is 0.903. The summed E-state index contributed by atoms with van der Waals surface area (Å²) >= 11 is 0. The Balaban J connectivity index is 2.26. The highest BCUT2D eigenvalue weighted by Crippen LogP contribution is 2.42. The molecule has 0 bridgehead atoms. The van der Waals surface area contributed by atoms with E-state index in [2.05, 4.69) is 13.8 Å². The molecule has 1 aliphatic rings. The molecule has 0 N–H and O–H groups in total. The summed E-state index contributed by atoms with van der Waals surface area (Å²) in [5.74, 6) is 0. The fraction of sp³-hybridized carbons (Fsp3) is 1.00. The van der Waals surface area contributed by atoms with Crippen LogP contribution in [0.1, 0.15) is 20.3 Å². The summed E-state index contributed by atoms with van der Waals surface area (Å²) in [5.41, 5.74) is 0. The Morgan fingerprint density at radius 2 is 1.57 bits per heavy atom. The Morgan fingerprint density at radius 1 is 1.14 bits per heavy atom. The molecule has 0 aromatic carbocycles. The lowest BCUT2D eigenvalue weighted by Gasteiger charge is -1.93. The zero-order valence-electron chi connectivity index (χ0n) is 4.68. The molecule has 0 nitrogen and oxygen atoms in total. The monoisotopic (exact) mass is 134 g/mol. The van der Waals surface area contributed by atoms with Gasteiger partial charge in [-0.25, -0.2) is 0 Å². The van der Waals surface area contributed by atoms with Crippen molar-refractivity contribution < 1.29 is 0 Å². The first-order chi connectivity index (χ1) is 3.29. The molecule has 1 fully saturated rings. The van der Waals surface area contributed by atoms with Crippen molar-refractivity contribution in [1.29, 1.82) is 0 Å². The van der Waals surface area contributed by atoms with Crippen LogP contribution >= 0.6 is 21.6 Å². The molecule has 0 radical (unpaired) electrons. The van der Waals surface area contributed by atoms with Crippen LogP contribution in [-0.2, 0) is 0 Å². The molecule has 1 aliphatic heterocycles. The van der Waals surface area contributed by atoms with Gasteiger partial charge in [-0.1, -0.05) is 35.4 Å². The second kappa shape index (κ2) is 2.31. The van der Waals surface area contributed by atoms with Crippen LogP contribution in [0.2, 0.25) is 0 Å². The van der Waals surface area contributed by atoms with Gasteiger partial charge < -0.3 is 0 Å². The fourth-order valence-electron chi connectivity index (χ4n) is 0.736. The summed E-state index contributed by atoms with van der Waals surface area (Å²) in [6, 6.07) is 0. The SMILES string of the molecule is C[C@@H]1C[C@@H](C)SS1. The van der Waals surface area contributed by atoms with E-state index in [4.69, 9.17) is 0 Å². The highest BCUT2D eigenvalue weighted by atomic mass is 33.1. The zero-order valence-corrected chi connectivity index (χ0v) is 6.31. The summed E-state index contributed by atoms with van der Waals surface area (Å²) in [5, 5.41) is 1.81. The molecular formula is C5H10S2. The second-order valence-corrected chi connectivity index (χ2v) is 5.20. The Hall–Kier alpha value is 0.700. The maximum absolute atomic E-state index is 2.29. The lowest BCUT2D eigenvalue weighted by atomic mass is 10.3. The molecule has 0 aromatic rings. The van der Waals surface area contributed by atoms with Crippen LogP contribution in [0.25, 0.3) is 0 Å². The van der Waals surface area contributed by atoms with E-state index in [0.717, 1.165) is 10.5 Å². The maximum Gasteiger partial charge on any atom is 0.0134 e. The van der Waals surface area contributed by atoms with E-state index in [9.17, 15) is 0 Å². The van der Waals surface area contributed by atoms with E-state index in [1.54, 1.807) is 0 Å². The third-order valence-corrected chi connectivity index (χ3v) is 4.51. The van der Waals surface area contributed by atoms with E-state index in [0.29, 0.717) is 0 Å². The van der Waals surface area contributed by atoms with Gasteiger partial charge >= 0.3 is 0 Å². The van der Waals surface area contributed by atoms with Gasteiger partial charge in [0.1, 0.15) is 0 Å². The van der Waals surface area contributed by atoms with Crippen LogP contribution in [0.3, 0.4) is 0 Å². The van der Waals surface area contributed by atoms with Crippen molar-refractivity contribution in [2.45, 2.75) is 30.8 Å². The molecule has 0 amide bonds. The number of hydrogen-bond acceptors (Lipinski definition) is 2. The van der Waals surface area contributed by atoms with Gasteiger partial charge in [-0.3, -0.25) is 0 Å². The lowest BCUT2D eigenvalue weighted by Crippen LogP contribution is -1.93. The molecule has 2 atom stereocenters. The molecule has 1 rings (SSSR count). The molecule has 42 valence electrons. The average molecular weight is 134 g/mol. The van der Waals surface area contributed by atoms with Gasteiger partial charge in [0.15, 0.2) is 0 Å². The summed E-state index contributed by atoms with van der Waals surface area (Å²) < 4.78 is 0. The van der Waals surface area contributed by atoms with Crippen LogP contribution in [0.15, 0.2) is 0 Å². The van der Waals surface area contributed by atoms with Crippen molar-refractivity contribution >= 4 is 21.6 Å². The highest BCUT2D eigenvalue weighted by Gasteiger charge is 2.17.